The average Bonchev–Trinajstić information content (AvgIpc) is 3.20. The smallest absolute Gasteiger partial charge is 0.226 e. The Kier molecular flexibility index (Phi) is 7.80. The zero-order chi connectivity index (χ0) is 22.3. The predicted octanol–water partition coefficient (Wildman–Crippen LogP) is 5.43. The molecule has 2 heterocycles. The van der Waals surface area contributed by atoms with Crippen molar-refractivity contribution in [2.75, 3.05) is 19.6 Å². The molecule has 0 bridgehead atoms. The SMILES string of the molecule is CCc1ccc(-c2nc(CN3CCC[C@@H](C(=O)NCCC4=CCCCC4)C3)c(C)o2)cc1. The minimum Gasteiger partial charge on any atom is -0.441 e. The number of hydrogen-bond donors (Lipinski definition) is 1. The summed E-state index contributed by atoms with van der Waals surface area (Å²) in [6, 6.07) is 8.43. The Hall–Kier alpha value is -2.40. The molecule has 1 saturated heterocycles. The highest BCUT2D eigenvalue weighted by Gasteiger charge is 2.27. The largest absolute Gasteiger partial charge is 0.441 e. The van der Waals surface area contributed by atoms with Crippen LogP contribution in [0.25, 0.3) is 11.5 Å². The minimum absolute atomic E-state index is 0.0670. The van der Waals surface area contributed by atoms with Crippen LogP contribution in [0.3, 0.4) is 0 Å². The maximum Gasteiger partial charge on any atom is 0.226 e. The summed E-state index contributed by atoms with van der Waals surface area (Å²) in [5, 5.41) is 3.19. The van der Waals surface area contributed by atoms with E-state index in [0.29, 0.717) is 5.89 Å². The van der Waals surface area contributed by atoms with E-state index in [2.05, 4.69) is 47.5 Å². The van der Waals surface area contributed by atoms with E-state index in [9.17, 15) is 4.79 Å². The molecule has 1 atom stereocenters. The Morgan fingerprint density at radius 3 is 2.81 bits per heavy atom. The van der Waals surface area contributed by atoms with Gasteiger partial charge in [0.25, 0.3) is 0 Å². The maximum absolute atomic E-state index is 12.8. The number of nitrogens with zero attached hydrogens (tertiary/aromatic N) is 2. The normalized spacial score (nSPS) is 19.6. The number of aryl methyl sites for hydroxylation is 2. The summed E-state index contributed by atoms with van der Waals surface area (Å²) >= 11 is 0. The molecule has 1 aromatic carbocycles. The number of piperidine rings is 1. The van der Waals surface area contributed by atoms with Crippen LogP contribution in [0.2, 0.25) is 0 Å². The van der Waals surface area contributed by atoms with Crippen molar-refractivity contribution in [3.05, 3.63) is 52.9 Å². The number of nitrogens with one attached hydrogen (secondary N) is 1. The number of amides is 1. The monoisotopic (exact) mass is 435 g/mol. The van der Waals surface area contributed by atoms with Crippen molar-refractivity contribution in [1.29, 1.82) is 0 Å². The van der Waals surface area contributed by atoms with Gasteiger partial charge in [0.2, 0.25) is 11.8 Å². The van der Waals surface area contributed by atoms with Gasteiger partial charge in [-0.3, -0.25) is 9.69 Å². The van der Waals surface area contributed by atoms with E-state index in [1.807, 2.05) is 6.92 Å². The van der Waals surface area contributed by atoms with E-state index in [-0.39, 0.29) is 11.8 Å². The zero-order valence-electron chi connectivity index (χ0n) is 19.7. The molecule has 1 aliphatic heterocycles. The van der Waals surface area contributed by atoms with Crippen molar-refractivity contribution in [3.63, 3.8) is 0 Å². The van der Waals surface area contributed by atoms with Crippen molar-refractivity contribution >= 4 is 5.91 Å². The highest BCUT2D eigenvalue weighted by Crippen LogP contribution is 2.25. The van der Waals surface area contributed by atoms with E-state index in [1.54, 1.807) is 0 Å². The standard InChI is InChI=1S/C27H37N3O2/c1-3-21-11-13-23(14-12-21)27-29-25(20(2)32-27)19-30-17-7-10-24(18-30)26(31)28-16-15-22-8-5-4-6-9-22/h8,11-14,24H,3-7,9-10,15-19H2,1-2H3,(H,28,31)/t24-/m1/s1. The molecule has 5 heteroatoms. The molecule has 5 nitrogen and oxygen atoms in total. The Morgan fingerprint density at radius 1 is 1.22 bits per heavy atom. The second-order valence-electron chi connectivity index (χ2n) is 9.30. The number of carbonyl (C=O) groups excluding carboxylic acids is 1. The number of aromatic nitrogens is 1. The predicted molar refractivity (Wildman–Crippen MR) is 128 cm³/mol. The third-order valence-electron chi connectivity index (χ3n) is 6.88. The topological polar surface area (TPSA) is 58.4 Å². The fourth-order valence-electron chi connectivity index (χ4n) is 4.83. The molecule has 1 fully saturated rings. The van der Waals surface area contributed by atoms with Gasteiger partial charge in [0, 0.05) is 25.2 Å². The van der Waals surface area contributed by atoms with Gasteiger partial charge in [-0.2, -0.15) is 0 Å². The molecule has 0 spiro atoms. The van der Waals surface area contributed by atoms with Crippen LogP contribution in [0.15, 0.2) is 40.3 Å². The van der Waals surface area contributed by atoms with Gasteiger partial charge in [0.1, 0.15) is 5.76 Å². The fraction of sp³-hybridized carbons (Fsp3) is 0.556. The van der Waals surface area contributed by atoms with Crippen LogP contribution in [0, 0.1) is 12.8 Å². The van der Waals surface area contributed by atoms with Gasteiger partial charge in [-0.15, -0.1) is 0 Å². The lowest BCUT2D eigenvalue weighted by Gasteiger charge is -2.31. The molecule has 4 rings (SSSR count). The molecule has 1 amide bonds. The Balaban J connectivity index is 1.30. The van der Waals surface area contributed by atoms with E-state index in [0.717, 1.165) is 68.9 Å². The van der Waals surface area contributed by atoms with Crippen molar-refractivity contribution < 1.29 is 9.21 Å². The minimum atomic E-state index is 0.0670. The maximum atomic E-state index is 12.8. The Labute approximate surface area is 192 Å². The number of hydrogen-bond acceptors (Lipinski definition) is 4. The van der Waals surface area contributed by atoms with E-state index >= 15 is 0 Å². The molecule has 32 heavy (non-hydrogen) atoms. The number of likely N-dealkylation sites (tertiary alicyclic amines) is 1. The van der Waals surface area contributed by atoms with Gasteiger partial charge in [-0.1, -0.05) is 30.7 Å². The molecule has 0 radical (unpaired) electrons. The third-order valence-corrected chi connectivity index (χ3v) is 6.88. The molecule has 1 N–H and O–H groups in total. The Bertz CT molecular complexity index is 929. The molecular formula is C27H37N3O2. The molecule has 0 unspecified atom stereocenters. The molecule has 1 aromatic heterocycles. The molecule has 0 saturated carbocycles. The van der Waals surface area contributed by atoms with Crippen LogP contribution in [0.1, 0.15) is 68.9 Å². The second kappa shape index (κ2) is 11.0. The summed E-state index contributed by atoms with van der Waals surface area (Å²) < 4.78 is 5.98. The first-order chi connectivity index (χ1) is 15.6. The van der Waals surface area contributed by atoms with Crippen LogP contribution in [-0.4, -0.2) is 35.4 Å². The molecule has 1 aliphatic carbocycles. The van der Waals surface area contributed by atoms with E-state index in [1.165, 1.54) is 36.8 Å². The van der Waals surface area contributed by atoms with Gasteiger partial charge < -0.3 is 9.73 Å². The fourth-order valence-corrected chi connectivity index (χ4v) is 4.83. The average molecular weight is 436 g/mol. The van der Waals surface area contributed by atoms with Gasteiger partial charge in [0.05, 0.1) is 11.6 Å². The number of benzene rings is 1. The Morgan fingerprint density at radius 2 is 2.06 bits per heavy atom. The number of carbonyl (C=O) groups is 1. The van der Waals surface area contributed by atoms with Crippen molar-refractivity contribution in [3.8, 4) is 11.5 Å². The van der Waals surface area contributed by atoms with E-state index in [4.69, 9.17) is 9.40 Å². The van der Waals surface area contributed by atoms with Crippen LogP contribution in [0.5, 0.6) is 0 Å². The summed E-state index contributed by atoms with van der Waals surface area (Å²) in [4.78, 5) is 19.9. The van der Waals surface area contributed by atoms with Crippen LogP contribution < -0.4 is 5.32 Å². The van der Waals surface area contributed by atoms with Crippen molar-refractivity contribution in [2.45, 2.75) is 71.8 Å². The van der Waals surface area contributed by atoms with Gasteiger partial charge in [-0.05, 0) is 82.5 Å². The van der Waals surface area contributed by atoms with Gasteiger partial charge in [-0.25, -0.2) is 4.98 Å². The summed E-state index contributed by atoms with van der Waals surface area (Å²) in [5.74, 6) is 1.83. The molecular weight excluding hydrogens is 398 g/mol. The lowest BCUT2D eigenvalue weighted by atomic mass is 9.96. The van der Waals surface area contributed by atoms with Crippen molar-refractivity contribution in [2.24, 2.45) is 5.92 Å². The van der Waals surface area contributed by atoms with E-state index < -0.39 is 0 Å². The quantitative estimate of drug-likeness (QED) is 0.562. The van der Waals surface area contributed by atoms with Crippen molar-refractivity contribution in [1.82, 2.24) is 15.2 Å². The summed E-state index contributed by atoms with van der Waals surface area (Å²) in [7, 11) is 0. The zero-order valence-corrected chi connectivity index (χ0v) is 19.7. The first-order valence-corrected chi connectivity index (χ1v) is 12.4. The highest BCUT2D eigenvalue weighted by atomic mass is 16.4. The van der Waals surface area contributed by atoms with Crippen LogP contribution in [0.4, 0.5) is 0 Å². The molecule has 2 aromatic rings. The lowest BCUT2D eigenvalue weighted by molar-refractivity contribution is -0.126. The van der Waals surface area contributed by atoms with Gasteiger partial charge in [0.15, 0.2) is 0 Å². The van der Waals surface area contributed by atoms with Crippen LogP contribution >= 0.6 is 0 Å². The van der Waals surface area contributed by atoms with Gasteiger partial charge >= 0.3 is 0 Å². The summed E-state index contributed by atoms with van der Waals surface area (Å²) in [6.07, 6.45) is 11.4. The van der Waals surface area contributed by atoms with Crippen LogP contribution in [-0.2, 0) is 17.8 Å². The number of allylic oxidation sites excluding steroid dienone is 1. The summed E-state index contributed by atoms with van der Waals surface area (Å²) in [5.41, 5.74) is 4.82. The lowest BCUT2D eigenvalue weighted by Crippen LogP contribution is -2.43. The summed E-state index contributed by atoms with van der Waals surface area (Å²) in [6.45, 7) is 7.44. The second-order valence-corrected chi connectivity index (χ2v) is 9.30. The third kappa shape index (κ3) is 5.89. The molecule has 2 aliphatic rings. The number of rotatable bonds is 8. The first kappa shape index (κ1) is 22.8. The highest BCUT2D eigenvalue weighted by molar-refractivity contribution is 5.79. The number of oxazole rings is 1. The first-order valence-electron chi connectivity index (χ1n) is 12.4. The molecule has 172 valence electrons.